The summed E-state index contributed by atoms with van der Waals surface area (Å²) < 4.78 is 0. The summed E-state index contributed by atoms with van der Waals surface area (Å²) in [4.78, 5) is 41.0. The first kappa shape index (κ1) is 23.7. The summed E-state index contributed by atoms with van der Waals surface area (Å²) in [6.07, 6.45) is 0.0358. The van der Waals surface area contributed by atoms with Crippen LogP contribution in [0.15, 0.2) is 72.1 Å². The van der Waals surface area contributed by atoms with Crippen molar-refractivity contribution in [2.45, 2.75) is 38.3 Å². The number of likely N-dealkylation sites (tertiary alicyclic amines) is 1. The Bertz CT molecular complexity index is 1170. The van der Waals surface area contributed by atoms with Crippen molar-refractivity contribution in [2.24, 2.45) is 11.8 Å². The van der Waals surface area contributed by atoms with Gasteiger partial charge in [0.15, 0.2) is 0 Å². The molecule has 0 spiro atoms. The van der Waals surface area contributed by atoms with Crippen molar-refractivity contribution < 1.29 is 24.6 Å². The maximum absolute atomic E-state index is 13.9. The second kappa shape index (κ2) is 9.43. The highest BCUT2D eigenvalue weighted by molar-refractivity contribution is 7.10. The first-order chi connectivity index (χ1) is 16.2. The van der Waals surface area contributed by atoms with E-state index in [1.807, 2.05) is 61.7 Å². The molecule has 7 heteroatoms. The molecule has 1 fully saturated rings. The van der Waals surface area contributed by atoms with Crippen molar-refractivity contribution >= 4 is 29.2 Å². The average molecular weight is 478 g/mol. The zero-order valence-electron chi connectivity index (χ0n) is 19.0. The molecule has 3 atom stereocenters. The van der Waals surface area contributed by atoms with Gasteiger partial charge in [0.2, 0.25) is 0 Å². The highest BCUT2D eigenvalue weighted by atomic mass is 32.1. The molecule has 6 nitrogen and oxygen atoms in total. The van der Waals surface area contributed by atoms with E-state index in [1.54, 1.807) is 24.3 Å². The van der Waals surface area contributed by atoms with Crippen LogP contribution >= 0.6 is 11.3 Å². The van der Waals surface area contributed by atoms with Gasteiger partial charge in [0.05, 0.1) is 12.0 Å². The Hall–Kier alpha value is -3.45. The number of hydrogen-bond acceptors (Lipinski definition) is 4. The lowest BCUT2D eigenvalue weighted by molar-refractivity contribution is -0.150. The van der Waals surface area contributed by atoms with Crippen LogP contribution in [0.1, 0.15) is 48.0 Å². The average Bonchev–Trinajstić information content (AvgIpc) is 3.46. The minimum Gasteiger partial charge on any atom is -0.481 e. The Kier molecular flexibility index (Phi) is 6.57. The Morgan fingerprint density at radius 1 is 0.971 bits per heavy atom. The normalized spacial score (nSPS) is 22.1. The number of carbonyl (C=O) groups is 3. The van der Waals surface area contributed by atoms with Crippen LogP contribution in [0.3, 0.4) is 0 Å². The monoisotopic (exact) mass is 477 g/mol. The Morgan fingerprint density at radius 2 is 1.62 bits per heavy atom. The van der Waals surface area contributed by atoms with Gasteiger partial charge in [-0.15, -0.1) is 11.3 Å². The molecule has 34 heavy (non-hydrogen) atoms. The summed E-state index contributed by atoms with van der Waals surface area (Å²) in [5, 5.41) is 22.3. The summed E-state index contributed by atoms with van der Waals surface area (Å²) in [6.45, 7) is 3.77. The molecule has 0 saturated carbocycles. The highest BCUT2D eigenvalue weighted by Gasteiger charge is 2.61. The zero-order chi connectivity index (χ0) is 24.5. The van der Waals surface area contributed by atoms with E-state index in [-0.39, 0.29) is 18.8 Å². The predicted molar refractivity (Wildman–Crippen MR) is 131 cm³/mol. The summed E-state index contributed by atoms with van der Waals surface area (Å²) in [5.74, 6) is -3.79. The molecule has 0 bridgehead atoms. The number of thiophene rings is 1. The molecule has 0 radical (unpaired) electrons. The van der Waals surface area contributed by atoms with Crippen molar-refractivity contribution in [1.29, 1.82) is 0 Å². The molecule has 0 aliphatic carbocycles. The van der Waals surface area contributed by atoms with Gasteiger partial charge in [0.25, 0.3) is 5.91 Å². The Balaban J connectivity index is 1.81. The van der Waals surface area contributed by atoms with Gasteiger partial charge < -0.3 is 15.1 Å². The lowest BCUT2D eigenvalue weighted by Gasteiger charge is -2.39. The molecule has 1 aliphatic heterocycles. The van der Waals surface area contributed by atoms with Gasteiger partial charge in [-0.2, -0.15) is 0 Å². The van der Waals surface area contributed by atoms with Crippen molar-refractivity contribution in [1.82, 2.24) is 4.90 Å². The van der Waals surface area contributed by atoms with E-state index in [0.717, 1.165) is 11.1 Å². The third-order valence-electron chi connectivity index (χ3n) is 6.43. The number of carboxylic acid groups (broad SMARTS) is 2. The van der Waals surface area contributed by atoms with Crippen LogP contribution in [0.4, 0.5) is 0 Å². The van der Waals surface area contributed by atoms with Gasteiger partial charge in [0, 0.05) is 10.4 Å². The molecule has 3 unspecified atom stereocenters. The summed E-state index contributed by atoms with van der Waals surface area (Å²) >= 11 is 1.34. The van der Waals surface area contributed by atoms with Crippen LogP contribution in [0, 0.1) is 11.8 Å². The van der Waals surface area contributed by atoms with E-state index < -0.39 is 35.3 Å². The molecule has 3 aromatic rings. The molecular weight excluding hydrogens is 450 g/mol. The van der Waals surface area contributed by atoms with Crippen molar-refractivity contribution in [3.63, 3.8) is 0 Å². The summed E-state index contributed by atoms with van der Waals surface area (Å²) in [5.41, 5.74) is 0.663. The van der Waals surface area contributed by atoms with Crippen LogP contribution in [-0.4, -0.2) is 38.5 Å². The van der Waals surface area contributed by atoms with E-state index in [4.69, 9.17) is 0 Å². The second-order valence-electron chi connectivity index (χ2n) is 9.16. The fourth-order valence-electron chi connectivity index (χ4n) is 5.06. The van der Waals surface area contributed by atoms with Gasteiger partial charge in [-0.05, 0) is 53.5 Å². The molecule has 1 amide bonds. The standard InChI is InChI=1S/C27H27NO5S/c1-17(2)15-27(26(32)33)16-21(25(30)31)23(22-9-6-14-34-22)28(27)24(29)20-12-10-19(11-13-20)18-7-4-3-5-8-18/h3-14,17,21,23H,15-16H2,1-2H3,(H,30,31)(H,32,33). The fourth-order valence-corrected chi connectivity index (χ4v) is 5.94. The summed E-state index contributed by atoms with van der Waals surface area (Å²) in [7, 11) is 0. The second-order valence-corrected chi connectivity index (χ2v) is 10.1. The molecule has 2 N–H and O–H groups in total. The van der Waals surface area contributed by atoms with Gasteiger partial charge in [-0.3, -0.25) is 9.59 Å². The number of hydrogen-bond donors (Lipinski definition) is 2. The molecule has 2 heterocycles. The van der Waals surface area contributed by atoms with Crippen LogP contribution in [0.2, 0.25) is 0 Å². The van der Waals surface area contributed by atoms with Crippen molar-refractivity contribution in [3.05, 3.63) is 82.6 Å². The number of aliphatic carboxylic acids is 2. The van der Waals surface area contributed by atoms with E-state index >= 15 is 0 Å². The van der Waals surface area contributed by atoms with Gasteiger partial charge in [0.1, 0.15) is 5.54 Å². The molecule has 2 aromatic carbocycles. The molecule has 1 saturated heterocycles. The van der Waals surface area contributed by atoms with E-state index in [1.165, 1.54) is 16.2 Å². The minimum atomic E-state index is -1.61. The lowest BCUT2D eigenvalue weighted by Crippen LogP contribution is -2.54. The number of nitrogens with zero attached hydrogens (tertiary/aromatic N) is 1. The van der Waals surface area contributed by atoms with Crippen molar-refractivity contribution in [3.8, 4) is 11.1 Å². The molecule has 176 valence electrons. The van der Waals surface area contributed by atoms with Gasteiger partial charge in [-0.1, -0.05) is 62.4 Å². The third kappa shape index (κ3) is 4.23. The number of amides is 1. The SMILES string of the molecule is CC(C)CC1(C(=O)O)CC(C(=O)O)C(c2cccs2)N1C(=O)c1ccc(-c2ccccc2)cc1. The number of rotatable bonds is 7. The Labute approximate surface area is 202 Å². The van der Waals surface area contributed by atoms with Crippen molar-refractivity contribution in [2.75, 3.05) is 0 Å². The third-order valence-corrected chi connectivity index (χ3v) is 7.37. The molecule has 1 aliphatic rings. The van der Waals surface area contributed by atoms with Crippen LogP contribution < -0.4 is 0 Å². The number of carbonyl (C=O) groups excluding carboxylic acids is 1. The molecule has 4 rings (SSSR count). The summed E-state index contributed by atoms with van der Waals surface area (Å²) in [6, 6.07) is 19.5. The van der Waals surface area contributed by atoms with Crippen LogP contribution in [-0.2, 0) is 9.59 Å². The van der Waals surface area contributed by atoms with Crippen LogP contribution in [0.25, 0.3) is 11.1 Å². The van der Waals surface area contributed by atoms with Gasteiger partial charge in [-0.25, -0.2) is 4.79 Å². The molecule has 1 aromatic heterocycles. The fraction of sp³-hybridized carbons (Fsp3) is 0.296. The zero-order valence-corrected chi connectivity index (χ0v) is 19.9. The maximum Gasteiger partial charge on any atom is 0.329 e. The number of carboxylic acids is 2. The first-order valence-electron chi connectivity index (χ1n) is 11.2. The molecular formula is C27H27NO5S. The smallest absolute Gasteiger partial charge is 0.329 e. The first-order valence-corrected chi connectivity index (χ1v) is 12.1. The van der Waals surface area contributed by atoms with Gasteiger partial charge >= 0.3 is 11.9 Å². The topological polar surface area (TPSA) is 94.9 Å². The minimum absolute atomic E-state index is 0.0524. The Morgan fingerprint density at radius 3 is 2.15 bits per heavy atom. The largest absolute Gasteiger partial charge is 0.481 e. The quantitative estimate of drug-likeness (QED) is 0.464. The number of benzene rings is 2. The lowest BCUT2D eigenvalue weighted by atomic mass is 9.83. The van der Waals surface area contributed by atoms with E-state index in [2.05, 4.69) is 0 Å². The van der Waals surface area contributed by atoms with Crippen LogP contribution in [0.5, 0.6) is 0 Å². The van der Waals surface area contributed by atoms with E-state index in [0.29, 0.717) is 10.4 Å². The van der Waals surface area contributed by atoms with E-state index in [9.17, 15) is 24.6 Å². The predicted octanol–water partition coefficient (Wildman–Crippen LogP) is 5.57. The highest BCUT2D eigenvalue weighted by Crippen LogP contribution is 2.51. The maximum atomic E-state index is 13.9.